The maximum Gasteiger partial charge on any atom is 0.309 e. The number of carbonyl (C=O) groups is 1. The molecule has 0 aliphatic carbocycles. The molecular formula is C12H11NO2. The van der Waals surface area contributed by atoms with Crippen molar-refractivity contribution in [1.82, 2.24) is 4.98 Å². The highest BCUT2D eigenvalue weighted by molar-refractivity contribution is 5.71. The molecule has 3 nitrogen and oxygen atoms in total. The molecule has 0 fully saturated rings. The smallest absolute Gasteiger partial charge is 0.309 e. The number of hydrogen-bond donors (Lipinski definition) is 2. The summed E-state index contributed by atoms with van der Waals surface area (Å²) in [7, 11) is 0. The zero-order valence-corrected chi connectivity index (χ0v) is 8.10. The van der Waals surface area contributed by atoms with Gasteiger partial charge in [-0.1, -0.05) is 30.3 Å². The molecule has 0 atom stereocenters. The van der Waals surface area contributed by atoms with Crippen LogP contribution in [-0.2, 0) is 11.2 Å². The maximum atomic E-state index is 10.5. The summed E-state index contributed by atoms with van der Waals surface area (Å²) in [4.78, 5) is 13.4. The first kappa shape index (κ1) is 9.52. The summed E-state index contributed by atoms with van der Waals surface area (Å²) in [6, 6.07) is 11.7. The van der Waals surface area contributed by atoms with Gasteiger partial charge in [-0.15, -0.1) is 0 Å². The topological polar surface area (TPSA) is 53.1 Å². The number of aromatic amines is 1. The summed E-state index contributed by atoms with van der Waals surface area (Å²) in [6.45, 7) is 0. The highest BCUT2D eigenvalue weighted by atomic mass is 16.4. The van der Waals surface area contributed by atoms with E-state index >= 15 is 0 Å². The van der Waals surface area contributed by atoms with E-state index in [1.807, 2.05) is 42.6 Å². The van der Waals surface area contributed by atoms with Gasteiger partial charge in [-0.25, -0.2) is 0 Å². The van der Waals surface area contributed by atoms with Crippen molar-refractivity contribution in [2.45, 2.75) is 6.42 Å². The lowest BCUT2D eigenvalue weighted by Gasteiger charge is -1.94. The van der Waals surface area contributed by atoms with Gasteiger partial charge < -0.3 is 10.1 Å². The molecule has 2 rings (SSSR count). The van der Waals surface area contributed by atoms with Crippen LogP contribution in [0, 0.1) is 0 Å². The minimum Gasteiger partial charge on any atom is -0.481 e. The van der Waals surface area contributed by atoms with Gasteiger partial charge >= 0.3 is 5.97 Å². The first-order valence-corrected chi connectivity index (χ1v) is 4.70. The minimum absolute atomic E-state index is 0.0346. The van der Waals surface area contributed by atoms with Gasteiger partial charge in [0.1, 0.15) is 0 Å². The van der Waals surface area contributed by atoms with Crippen LogP contribution < -0.4 is 0 Å². The average molecular weight is 201 g/mol. The Morgan fingerprint density at radius 1 is 1.20 bits per heavy atom. The van der Waals surface area contributed by atoms with E-state index in [1.54, 1.807) is 0 Å². The van der Waals surface area contributed by atoms with Crippen LogP contribution in [0.1, 0.15) is 5.69 Å². The fourth-order valence-corrected chi connectivity index (χ4v) is 1.50. The number of aliphatic carboxylic acids is 1. The van der Waals surface area contributed by atoms with Crippen molar-refractivity contribution in [2.75, 3.05) is 0 Å². The van der Waals surface area contributed by atoms with Gasteiger partial charge in [0, 0.05) is 11.9 Å². The van der Waals surface area contributed by atoms with Gasteiger partial charge in [-0.3, -0.25) is 4.79 Å². The third-order valence-corrected chi connectivity index (χ3v) is 2.19. The summed E-state index contributed by atoms with van der Waals surface area (Å²) in [5.41, 5.74) is 2.83. The van der Waals surface area contributed by atoms with Crippen LogP contribution in [0.15, 0.2) is 42.6 Å². The molecule has 0 unspecified atom stereocenters. The van der Waals surface area contributed by atoms with E-state index in [9.17, 15) is 4.79 Å². The van der Waals surface area contributed by atoms with Crippen LogP contribution >= 0.6 is 0 Å². The molecule has 0 saturated heterocycles. The van der Waals surface area contributed by atoms with E-state index in [4.69, 9.17) is 5.11 Å². The molecule has 0 radical (unpaired) electrons. The van der Waals surface area contributed by atoms with Gasteiger partial charge in [0.15, 0.2) is 0 Å². The number of carboxylic acids is 1. The molecule has 0 aliphatic heterocycles. The molecule has 0 amide bonds. The van der Waals surface area contributed by atoms with Gasteiger partial charge in [-0.2, -0.15) is 0 Å². The standard InChI is InChI=1S/C12H11NO2/c14-12(15)7-11-6-10(8-13-11)9-4-2-1-3-5-9/h1-6,8,13H,7H2,(H,14,15). The number of benzene rings is 1. The molecule has 2 aromatic rings. The summed E-state index contributed by atoms with van der Waals surface area (Å²) in [5.74, 6) is -0.823. The largest absolute Gasteiger partial charge is 0.481 e. The first-order valence-electron chi connectivity index (χ1n) is 4.70. The molecule has 1 aromatic carbocycles. The van der Waals surface area contributed by atoms with Crippen LogP contribution in [-0.4, -0.2) is 16.1 Å². The molecule has 76 valence electrons. The fraction of sp³-hybridized carbons (Fsp3) is 0.0833. The summed E-state index contributed by atoms with van der Waals surface area (Å²) in [6.07, 6.45) is 1.86. The Bertz CT molecular complexity index is 459. The van der Waals surface area contributed by atoms with Crippen molar-refractivity contribution in [3.63, 3.8) is 0 Å². The predicted octanol–water partition coefficient (Wildman–Crippen LogP) is 2.31. The number of nitrogens with one attached hydrogen (secondary N) is 1. The molecule has 0 bridgehead atoms. The monoisotopic (exact) mass is 201 g/mol. The lowest BCUT2D eigenvalue weighted by molar-refractivity contribution is -0.136. The Labute approximate surface area is 87.4 Å². The molecule has 0 saturated carbocycles. The Morgan fingerprint density at radius 2 is 1.93 bits per heavy atom. The molecule has 1 aromatic heterocycles. The van der Waals surface area contributed by atoms with E-state index < -0.39 is 5.97 Å². The second-order valence-electron chi connectivity index (χ2n) is 3.35. The molecule has 3 heteroatoms. The highest BCUT2D eigenvalue weighted by Gasteiger charge is 2.04. The van der Waals surface area contributed by atoms with E-state index in [2.05, 4.69) is 4.98 Å². The van der Waals surface area contributed by atoms with Gasteiger partial charge in [0.25, 0.3) is 0 Å². The highest BCUT2D eigenvalue weighted by Crippen LogP contribution is 2.19. The normalized spacial score (nSPS) is 10.1. The van der Waals surface area contributed by atoms with Crippen LogP contribution in [0.25, 0.3) is 11.1 Å². The van der Waals surface area contributed by atoms with Crippen molar-refractivity contribution >= 4 is 5.97 Å². The molecular weight excluding hydrogens is 190 g/mol. The Hall–Kier alpha value is -2.03. The average Bonchev–Trinajstić information content (AvgIpc) is 2.67. The van der Waals surface area contributed by atoms with E-state index in [-0.39, 0.29) is 6.42 Å². The number of H-pyrrole nitrogens is 1. The van der Waals surface area contributed by atoms with Crippen molar-refractivity contribution in [2.24, 2.45) is 0 Å². The van der Waals surface area contributed by atoms with E-state index in [0.717, 1.165) is 16.8 Å². The van der Waals surface area contributed by atoms with Crippen LogP contribution in [0.4, 0.5) is 0 Å². The van der Waals surface area contributed by atoms with Crippen molar-refractivity contribution in [3.05, 3.63) is 48.3 Å². The molecule has 0 aliphatic rings. The lowest BCUT2D eigenvalue weighted by Crippen LogP contribution is -1.99. The number of hydrogen-bond acceptors (Lipinski definition) is 1. The van der Waals surface area contributed by atoms with Crippen molar-refractivity contribution in [1.29, 1.82) is 0 Å². The van der Waals surface area contributed by atoms with Gasteiger partial charge in [0.05, 0.1) is 6.42 Å². The zero-order valence-electron chi connectivity index (χ0n) is 8.10. The quantitative estimate of drug-likeness (QED) is 0.800. The predicted molar refractivity (Wildman–Crippen MR) is 57.6 cm³/mol. The van der Waals surface area contributed by atoms with Crippen LogP contribution in [0.5, 0.6) is 0 Å². The number of rotatable bonds is 3. The van der Waals surface area contributed by atoms with Crippen molar-refractivity contribution < 1.29 is 9.90 Å². The first-order chi connectivity index (χ1) is 7.25. The number of carboxylic acid groups (broad SMARTS) is 1. The minimum atomic E-state index is -0.823. The Morgan fingerprint density at radius 3 is 2.60 bits per heavy atom. The second-order valence-corrected chi connectivity index (χ2v) is 3.35. The van der Waals surface area contributed by atoms with E-state index in [0.29, 0.717) is 0 Å². The summed E-state index contributed by atoms with van der Waals surface area (Å²) < 4.78 is 0. The Balaban J connectivity index is 2.24. The molecule has 2 N–H and O–H groups in total. The Kier molecular flexibility index (Phi) is 2.54. The second kappa shape index (κ2) is 4.00. The fourth-order valence-electron chi connectivity index (χ4n) is 1.50. The molecule has 15 heavy (non-hydrogen) atoms. The summed E-state index contributed by atoms with van der Waals surface area (Å²) >= 11 is 0. The van der Waals surface area contributed by atoms with Gasteiger partial charge in [0.2, 0.25) is 0 Å². The van der Waals surface area contributed by atoms with Crippen LogP contribution in [0.3, 0.4) is 0 Å². The third kappa shape index (κ3) is 2.26. The molecule has 1 heterocycles. The van der Waals surface area contributed by atoms with Crippen molar-refractivity contribution in [3.8, 4) is 11.1 Å². The van der Waals surface area contributed by atoms with Gasteiger partial charge in [-0.05, 0) is 17.2 Å². The third-order valence-electron chi connectivity index (χ3n) is 2.19. The van der Waals surface area contributed by atoms with E-state index in [1.165, 1.54) is 0 Å². The molecule has 0 spiro atoms. The number of aromatic nitrogens is 1. The summed E-state index contributed by atoms with van der Waals surface area (Å²) in [5, 5.41) is 8.63. The lowest BCUT2D eigenvalue weighted by atomic mass is 10.1. The zero-order chi connectivity index (χ0) is 10.7. The SMILES string of the molecule is O=C(O)Cc1cc(-c2ccccc2)c[nH]1. The van der Waals surface area contributed by atoms with Crippen LogP contribution in [0.2, 0.25) is 0 Å². The maximum absolute atomic E-state index is 10.5.